The summed E-state index contributed by atoms with van der Waals surface area (Å²) in [6.07, 6.45) is 1.06. The van der Waals surface area contributed by atoms with Crippen molar-refractivity contribution < 1.29 is 9.59 Å². The molecular formula is C21H25N3O2. The predicted octanol–water partition coefficient (Wildman–Crippen LogP) is 2.50. The lowest BCUT2D eigenvalue weighted by molar-refractivity contribution is -0.123. The number of carbonyl (C=O) groups is 2. The Morgan fingerprint density at radius 3 is 2.46 bits per heavy atom. The highest BCUT2D eigenvalue weighted by Gasteiger charge is 2.31. The highest BCUT2D eigenvalue weighted by Crippen LogP contribution is 2.24. The Morgan fingerprint density at radius 2 is 1.81 bits per heavy atom. The summed E-state index contributed by atoms with van der Waals surface area (Å²) in [7, 11) is 4.03. The second kappa shape index (κ2) is 8.15. The molecule has 3 rings (SSSR count). The van der Waals surface area contributed by atoms with Crippen LogP contribution in [0, 0.1) is 0 Å². The van der Waals surface area contributed by atoms with Crippen LogP contribution in [0.3, 0.4) is 0 Å². The zero-order chi connectivity index (χ0) is 18.5. The molecule has 2 aromatic carbocycles. The van der Waals surface area contributed by atoms with E-state index < -0.39 is 0 Å². The average molecular weight is 351 g/mol. The fraction of sp³-hybridized carbons (Fsp3) is 0.333. The molecule has 5 heteroatoms. The third-order valence-electron chi connectivity index (χ3n) is 4.59. The Labute approximate surface area is 154 Å². The summed E-state index contributed by atoms with van der Waals surface area (Å²) in [6.45, 7) is 0.840. The number of hydrogen-bond acceptors (Lipinski definition) is 3. The Balaban J connectivity index is 1.71. The van der Waals surface area contributed by atoms with E-state index in [2.05, 4.69) is 15.5 Å². The van der Waals surface area contributed by atoms with E-state index >= 15 is 0 Å². The summed E-state index contributed by atoms with van der Waals surface area (Å²) in [4.78, 5) is 26.6. The number of rotatable bonds is 5. The molecule has 1 saturated heterocycles. The maximum atomic E-state index is 12.7. The fourth-order valence-electron chi connectivity index (χ4n) is 3.31. The van der Waals surface area contributed by atoms with E-state index in [1.807, 2.05) is 68.7 Å². The first kappa shape index (κ1) is 18.1. The zero-order valence-corrected chi connectivity index (χ0v) is 15.2. The van der Waals surface area contributed by atoms with Gasteiger partial charge in [0.2, 0.25) is 5.91 Å². The molecule has 0 aliphatic carbocycles. The first-order chi connectivity index (χ1) is 12.5. The van der Waals surface area contributed by atoms with Gasteiger partial charge >= 0.3 is 0 Å². The van der Waals surface area contributed by atoms with Crippen molar-refractivity contribution in [3.8, 4) is 0 Å². The van der Waals surface area contributed by atoms with E-state index in [0.29, 0.717) is 18.4 Å². The summed E-state index contributed by atoms with van der Waals surface area (Å²) in [5.74, 6) is -0.0825. The van der Waals surface area contributed by atoms with Crippen LogP contribution in [0.2, 0.25) is 0 Å². The molecule has 2 amide bonds. The van der Waals surface area contributed by atoms with Crippen LogP contribution in [-0.2, 0) is 11.3 Å². The fourth-order valence-corrected chi connectivity index (χ4v) is 3.31. The maximum Gasteiger partial charge on any atom is 0.251 e. The van der Waals surface area contributed by atoms with E-state index in [4.69, 9.17) is 0 Å². The van der Waals surface area contributed by atoms with E-state index in [9.17, 15) is 9.59 Å². The smallest absolute Gasteiger partial charge is 0.251 e. The van der Waals surface area contributed by atoms with Crippen molar-refractivity contribution in [2.75, 3.05) is 14.1 Å². The van der Waals surface area contributed by atoms with Crippen molar-refractivity contribution in [3.05, 3.63) is 71.3 Å². The summed E-state index contributed by atoms with van der Waals surface area (Å²) < 4.78 is 0. The molecule has 26 heavy (non-hydrogen) atoms. The Bertz CT molecular complexity index is 757. The van der Waals surface area contributed by atoms with Crippen LogP contribution in [0.1, 0.15) is 40.4 Å². The lowest BCUT2D eigenvalue weighted by Gasteiger charge is -2.33. The van der Waals surface area contributed by atoms with Crippen molar-refractivity contribution in [3.63, 3.8) is 0 Å². The van der Waals surface area contributed by atoms with E-state index in [-0.39, 0.29) is 23.9 Å². The molecule has 136 valence electrons. The molecule has 0 spiro atoms. The maximum absolute atomic E-state index is 12.7. The minimum Gasteiger partial charge on any atom is -0.347 e. The molecular weight excluding hydrogens is 326 g/mol. The molecule has 2 N–H and O–H groups in total. The van der Waals surface area contributed by atoms with Gasteiger partial charge in [-0.25, -0.2) is 0 Å². The second-order valence-electron chi connectivity index (χ2n) is 7.01. The summed E-state index contributed by atoms with van der Waals surface area (Å²) in [6, 6.07) is 17.1. The minimum atomic E-state index is -0.200. The molecule has 1 aliphatic heterocycles. The molecule has 2 atom stereocenters. The normalized spacial score (nSPS) is 19.9. The SMILES string of the molecule is CN(C)Cc1ccc(C(=O)N[C@@H]2CCC(=O)N[C@H]2c2ccccc2)cc1. The van der Waals surface area contributed by atoms with Crippen molar-refractivity contribution in [1.29, 1.82) is 0 Å². The van der Waals surface area contributed by atoms with Crippen molar-refractivity contribution in [2.24, 2.45) is 0 Å². The second-order valence-corrected chi connectivity index (χ2v) is 7.01. The Kier molecular flexibility index (Phi) is 5.68. The van der Waals surface area contributed by atoms with Crippen molar-refractivity contribution in [2.45, 2.75) is 31.5 Å². The molecule has 1 aliphatic rings. The number of amides is 2. The number of nitrogens with zero attached hydrogens (tertiary/aromatic N) is 1. The number of nitrogens with one attached hydrogen (secondary N) is 2. The van der Waals surface area contributed by atoms with Gasteiger partial charge in [-0.3, -0.25) is 9.59 Å². The lowest BCUT2D eigenvalue weighted by Crippen LogP contribution is -2.50. The van der Waals surface area contributed by atoms with Gasteiger partial charge in [-0.2, -0.15) is 0 Å². The van der Waals surface area contributed by atoms with Crippen LogP contribution in [0.15, 0.2) is 54.6 Å². The molecule has 0 saturated carbocycles. The van der Waals surface area contributed by atoms with Crippen molar-refractivity contribution >= 4 is 11.8 Å². The largest absolute Gasteiger partial charge is 0.347 e. The summed E-state index contributed by atoms with van der Waals surface area (Å²) in [5, 5.41) is 6.11. The van der Waals surface area contributed by atoms with Gasteiger partial charge in [0.25, 0.3) is 5.91 Å². The average Bonchev–Trinajstić information content (AvgIpc) is 2.64. The highest BCUT2D eigenvalue weighted by atomic mass is 16.2. The first-order valence-electron chi connectivity index (χ1n) is 8.92. The van der Waals surface area contributed by atoms with Crippen LogP contribution >= 0.6 is 0 Å². The van der Waals surface area contributed by atoms with Crippen LogP contribution < -0.4 is 10.6 Å². The number of benzene rings is 2. The van der Waals surface area contributed by atoms with Crippen LogP contribution in [-0.4, -0.2) is 36.9 Å². The highest BCUT2D eigenvalue weighted by molar-refractivity contribution is 5.94. The topological polar surface area (TPSA) is 61.4 Å². The van der Waals surface area contributed by atoms with Gasteiger partial charge in [-0.15, -0.1) is 0 Å². The minimum absolute atomic E-state index is 0.0254. The van der Waals surface area contributed by atoms with Crippen LogP contribution in [0.4, 0.5) is 0 Å². The number of piperidine rings is 1. The molecule has 0 radical (unpaired) electrons. The first-order valence-corrected chi connectivity index (χ1v) is 8.92. The van der Waals surface area contributed by atoms with Crippen LogP contribution in [0.25, 0.3) is 0 Å². The molecule has 0 bridgehead atoms. The Morgan fingerprint density at radius 1 is 1.12 bits per heavy atom. The number of hydrogen-bond donors (Lipinski definition) is 2. The van der Waals surface area contributed by atoms with Gasteiger partial charge in [-0.1, -0.05) is 42.5 Å². The molecule has 0 aromatic heterocycles. The van der Waals surface area contributed by atoms with Crippen molar-refractivity contribution in [1.82, 2.24) is 15.5 Å². The lowest BCUT2D eigenvalue weighted by atomic mass is 9.91. The van der Waals surface area contributed by atoms with Crippen LogP contribution in [0.5, 0.6) is 0 Å². The van der Waals surface area contributed by atoms with Gasteiger partial charge in [0.05, 0.1) is 12.1 Å². The number of carbonyl (C=O) groups excluding carboxylic acids is 2. The van der Waals surface area contributed by atoms with E-state index in [1.165, 1.54) is 5.56 Å². The Hall–Kier alpha value is -2.66. The predicted molar refractivity (Wildman–Crippen MR) is 102 cm³/mol. The molecule has 2 aromatic rings. The third kappa shape index (κ3) is 4.49. The van der Waals surface area contributed by atoms with E-state index in [1.54, 1.807) is 0 Å². The zero-order valence-electron chi connectivity index (χ0n) is 15.2. The standard InChI is InChI=1S/C21H25N3O2/c1-24(2)14-15-8-10-17(11-9-15)21(26)22-18-12-13-19(25)23-20(18)16-6-4-3-5-7-16/h3-11,18,20H,12-14H2,1-2H3,(H,22,26)(H,23,25)/t18-,20+/m1/s1. The molecule has 0 unspecified atom stereocenters. The van der Waals surface area contributed by atoms with Gasteiger partial charge < -0.3 is 15.5 Å². The van der Waals surface area contributed by atoms with Gasteiger partial charge in [0.15, 0.2) is 0 Å². The van der Waals surface area contributed by atoms with Gasteiger partial charge in [0, 0.05) is 18.5 Å². The third-order valence-corrected chi connectivity index (χ3v) is 4.59. The van der Waals surface area contributed by atoms with E-state index in [0.717, 1.165) is 12.1 Å². The quantitative estimate of drug-likeness (QED) is 0.870. The molecule has 5 nitrogen and oxygen atoms in total. The molecule has 1 fully saturated rings. The summed E-state index contributed by atoms with van der Waals surface area (Å²) in [5.41, 5.74) is 2.81. The molecule has 1 heterocycles. The van der Waals surface area contributed by atoms with Gasteiger partial charge in [-0.05, 0) is 43.8 Å². The summed E-state index contributed by atoms with van der Waals surface area (Å²) >= 11 is 0. The monoisotopic (exact) mass is 351 g/mol. The van der Waals surface area contributed by atoms with Gasteiger partial charge in [0.1, 0.15) is 0 Å².